The Morgan fingerprint density at radius 1 is 0.405 bits per heavy atom. The lowest BCUT2D eigenvalue weighted by atomic mass is 9.77. The molecule has 0 amide bonds. The van der Waals surface area contributed by atoms with Crippen LogP contribution in [0, 0.1) is 0 Å². The Balaban J connectivity index is 0.000000167. The molecule has 24 nitrogen and oxygen atoms in total. The van der Waals surface area contributed by atoms with Gasteiger partial charge in [-0.2, -0.15) is 0 Å². The van der Waals surface area contributed by atoms with Crippen molar-refractivity contribution in [3.8, 4) is 45.8 Å². The Bertz CT molecular complexity index is 5670. The van der Waals surface area contributed by atoms with E-state index < -0.39 is 23.1 Å². The molecule has 2 spiro atoms. The maximum Gasteiger partial charge on any atom is 0.340 e. The number of aromatic nitrogens is 6. The van der Waals surface area contributed by atoms with Crippen LogP contribution in [0.4, 0.5) is 46.0 Å². The predicted octanol–water partition coefficient (Wildman–Crippen LogP) is 16.0. The Labute approximate surface area is 673 Å². The number of unbranched alkanes of at least 4 members (excludes halogenated alkanes) is 4. The molecule has 0 bridgehead atoms. The number of ether oxygens (including phenoxy) is 6. The van der Waals surface area contributed by atoms with E-state index >= 15 is 0 Å². The van der Waals surface area contributed by atoms with E-state index in [-0.39, 0.29) is 11.6 Å². The summed E-state index contributed by atoms with van der Waals surface area (Å²) in [4.78, 5) is 93.7. The first-order chi connectivity index (χ1) is 56.4. The Hall–Kier alpha value is -12.8. The smallest absolute Gasteiger partial charge is 0.340 e. The van der Waals surface area contributed by atoms with Gasteiger partial charge in [-0.1, -0.05) is 55.3 Å². The van der Waals surface area contributed by atoms with Crippen LogP contribution < -0.4 is 49.5 Å². The minimum atomic E-state index is -1.26. The van der Waals surface area contributed by atoms with Gasteiger partial charge < -0.3 is 78.4 Å². The molecule has 4 aromatic heterocycles. The minimum absolute atomic E-state index is 0.00179. The summed E-state index contributed by atoms with van der Waals surface area (Å²) in [6.07, 6.45) is 9.50. The van der Waals surface area contributed by atoms with Gasteiger partial charge in [0.05, 0.1) is 37.6 Å². The van der Waals surface area contributed by atoms with E-state index in [0.717, 1.165) is 166 Å². The highest BCUT2D eigenvalue weighted by atomic mass is 16.6. The highest BCUT2D eigenvalue weighted by Crippen LogP contribution is 2.59. The lowest BCUT2D eigenvalue weighted by Crippen LogP contribution is -2.36. The summed E-state index contributed by atoms with van der Waals surface area (Å²) in [6, 6.07) is 54.9. The minimum Gasteiger partial charge on any atom is -0.456 e. The highest BCUT2D eigenvalue weighted by Gasteiger charge is 2.56. The van der Waals surface area contributed by atoms with Crippen LogP contribution >= 0.6 is 0 Å². The summed E-state index contributed by atoms with van der Waals surface area (Å²) >= 11 is 0. The molecule has 0 saturated carbocycles. The van der Waals surface area contributed by atoms with E-state index in [1.807, 2.05) is 204 Å². The SMILES string of the molecule is CN(C)c1ccc2c(c1)Oc1cc(N(C)C)ccc1C21OC(=O)c2cc(C(=O)CCCCCNc3cc(N4CCOCC4)nc(-c4cccc5[nH]ccc45)n3)ccc21.CN(C)c1ccc2c(c1)Oc1cc(N(C)C)ccc1C21OC(=O)c2ccc(C(=O)CCCCCNc3cc(N4CCOCC4)nc(-c4cccc5[nH]ccc45)n3)cc21. The van der Waals surface area contributed by atoms with Crippen molar-refractivity contribution >= 4 is 91.3 Å². The van der Waals surface area contributed by atoms with E-state index in [1.54, 1.807) is 18.2 Å². The number of anilines is 8. The quantitative estimate of drug-likeness (QED) is 0.0249. The van der Waals surface area contributed by atoms with Gasteiger partial charge in [-0.05, 0) is 117 Å². The number of ketones is 2. The zero-order valence-corrected chi connectivity index (χ0v) is 66.6. The van der Waals surface area contributed by atoms with Gasteiger partial charge >= 0.3 is 11.9 Å². The molecule has 0 aliphatic carbocycles. The van der Waals surface area contributed by atoms with Gasteiger partial charge in [-0.3, -0.25) is 9.59 Å². The second-order valence-corrected chi connectivity index (χ2v) is 31.0. The van der Waals surface area contributed by atoms with Crippen LogP contribution in [-0.4, -0.2) is 175 Å². The molecule has 0 atom stereocenters. The van der Waals surface area contributed by atoms with Crippen LogP contribution in [0.2, 0.25) is 0 Å². The molecule has 116 heavy (non-hydrogen) atoms. The van der Waals surface area contributed by atoms with Gasteiger partial charge in [0.2, 0.25) is 0 Å². The van der Waals surface area contributed by atoms with Crippen molar-refractivity contribution in [3.63, 3.8) is 0 Å². The van der Waals surface area contributed by atoms with Gasteiger partial charge in [-0.25, -0.2) is 29.5 Å². The van der Waals surface area contributed by atoms with Gasteiger partial charge in [0, 0.05) is 257 Å². The molecule has 0 radical (unpaired) electrons. The van der Waals surface area contributed by atoms with E-state index in [4.69, 9.17) is 48.4 Å². The molecular formula is C92H94N14O10. The van der Waals surface area contributed by atoms with Crippen molar-refractivity contribution in [1.82, 2.24) is 29.9 Å². The van der Waals surface area contributed by atoms with Gasteiger partial charge in [0.25, 0.3) is 0 Å². The predicted molar refractivity (Wildman–Crippen MR) is 454 cm³/mol. The lowest BCUT2D eigenvalue weighted by molar-refractivity contribution is 0.0214. The lowest BCUT2D eigenvalue weighted by Gasteiger charge is -2.37. The molecule has 8 aromatic carbocycles. The molecule has 10 heterocycles. The van der Waals surface area contributed by atoms with Crippen LogP contribution in [0.1, 0.15) is 126 Å². The second-order valence-electron chi connectivity index (χ2n) is 31.0. The number of fused-ring (bicyclic) bond motifs is 14. The zero-order chi connectivity index (χ0) is 79.9. The fourth-order valence-electron chi connectivity index (χ4n) is 16.5. The number of morpholine rings is 2. The molecule has 12 aromatic rings. The molecule has 2 saturated heterocycles. The van der Waals surface area contributed by atoms with Crippen LogP contribution in [0.25, 0.3) is 44.6 Å². The molecule has 6 aliphatic rings. The van der Waals surface area contributed by atoms with Crippen LogP contribution in [0.15, 0.2) is 182 Å². The van der Waals surface area contributed by atoms with Gasteiger partial charge in [0.15, 0.2) is 34.4 Å². The van der Waals surface area contributed by atoms with Gasteiger partial charge in [-0.15, -0.1) is 0 Å². The number of rotatable bonds is 24. The second kappa shape index (κ2) is 31.9. The maximum atomic E-state index is 13.8. The number of Topliss-reactive ketones (excluding diaryl/α,β-unsaturated/α-hetero) is 2. The van der Waals surface area contributed by atoms with Crippen molar-refractivity contribution in [2.75, 3.05) is 162 Å². The number of hydrogen-bond acceptors (Lipinski definition) is 22. The van der Waals surface area contributed by atoms with Crippen LogP contribution in [0.5, 0.6) is 23.0 Å². The molecule has 592 valence electrons. The van der Waals surface area contributed by atoms with E-state index in [9.17, 15) is 19.2 Å². The zero-order valence-electron chi connectivity index (χ0n) is 66.6. The molecule has 4 N–H and O–H groups in total. The van der Waals surface area contributed by atoms with Crippen molar-refractivity contribution in [3.05, 3.63) is 238 Å². The van der Waals surface area contributed by atoms with E-state index in [2.05, 4.69) is 66.8 Å². The number of hydrogen-bond donors (Lipinski definition) is 4. The summed E-state index contributed by atoms with van der Waals surface area (Å²) in [5, 5.41) is 9.21. The maximum absolute atomic E-state index is 13.8. The topological polar surface area (TPSA) is 250 Å². The first-order valence-corrected chi connectivity index (χ1v) is 39.9. The highest BCUT2D eigenvalue weighted by molar-refractivity contribution is 6.04. The molecule has 18 rings (SSSR count). The first-order valence-electron chi connectivity index (χ1n) is 39.9. The number of esters is 2. The van der Waals surface area contributed by atoms with E-state index in [0.29, 0.717) is 120 Å². The van der Waals surface area contributed by atoms with Crippen molar-refractivity contribution in [1.29, 1.82) is 0 Å². The number of carbonyl (C=O) groups excluding carboxylic acids is 4. The summed E-state index contributed by atoms with van der Waals surface area (Å²) in [5.74, 6) is 6.23. The molecule has 2 fully saturated rings. The third kappa shape index (κ3) is 14.4. The van der Waals surface area contributed by atoms with Crippen molar-refractivity contribution in [2.45, 2.75) is 62.6 Å². The molecule has 24 heteroatoms. The summed E-state index contributed by atoms with van der Waals surface area (Å²) in [7, 11) is 15.8. The fraction of sp³-hybridized carbons (Fsp3) is 0.304. The van der Waals surface area contributed by atoms with Crippen LogP contribution in [0.3, 0.4) is 0 Å². The first kappa shape index (κ1) is 75.9. The number of nitrogens with zero attached hydrogens (tertiary/aromatic N) is 10. The summed E-state index contributed by atoms with van der Waals surface area (Å²) in [6.45, 7) is 7.17. The number of benzene rings is 8. The largest absolute Gasteiger partial charge is 0.456 e. The Morgan fingerprint density at radius 3 is 1.23 bits per heavy atom. The average molecular weight is 1560 g/mol. The number of carbonyl (C=O) groups is 4. The standard InChI is InChI=1S/2C46H47N7O5/c1-51(2)30-13-16-36-40(26-30)57-41-27-31(52(3)4)14-17-37(41)46(36)35-15-12-29(25-34(35)45(55)58-46)39(54)11-6-5-7-19-48-42-28-43(53-21-23-56-24-22-53)50-44(49-42)33-9-8-10-38-32(33)18-20-47-38;1-51(2)30-13-16-35-40(26-30)57-41-27-31(52(3)4)14-17-36(41)46(35)37-25-29(12-15-34(37)45(55)58-46)39(54)11-6-5-7-19-48-42-28-43(53-21-23-56-24-22-53)50-44(49-42)33-9-8-10-38-32(33)18-20-47-38/h2*8-10,12-18,20,25-28,47H,5-7,11,19,21-24H2,1-4H3,(H,48,49,50). The van der Waals surface area contributed by atoms with Gasteiger partial charge in [0.1, 0.15) is 46.3 Å². The third-order valence-electron chi connectivity index (χ3n) is 22.8. The third-order valence-corrected chi connectivity index (χ3v) is 22.8. The number of aromatic amines is 2. The summed E-state index contributed by atoms with van der Waals surface area (Å²) in [5.41, 5.74) is 11.6. The van der Waals surface area contributed by atoms with Crippen LogP contribution in [-0.2, 0) is 30.1 Å². The normalized spacial score (nSPS) is 15.0. The van der Waals surface area contributed by atoms with Crippen molar-refractivity contribution < 1.29 is 47.6 Å². The van der Waals surface area contributed by atoms with Crippen molar-refractivity contribution in [2.24, 2.45) is 0 Å². The summed E-state index contributed by atoms with van der Waals surface area (Å²) < 4.78 is 37.1. The van der Waals surface area contributed by atoms with E-state index in [1.165, 1.54) is 0 Å². The molecular weight excluding hydrogens is 1460 g/mol. The average Bonchev–Trinajstić information content (AvgIpc) is 1.70. The number of H-pyrrole nitrogens is 2. The number of nitrogens with one attached hydrogen (secondary N) is 4. The molecule has 6 aliphatic heterocycles. The molecule has 0 unspecified atom stereocenters. The Kier molecular flexibility index (Phi) is 20.8. The monoisotopic (exact) mass is 1550 g/mol. The fourth-order valence-corrected chi connectivity index (χ4v) is 16.5. The Morgan fingerprint density at radius 2 is 0.802 bits per heavy atom.